The maximum atomic E-state index is 12.4. The topological polar surface area (TPSA) is 63.7 Å². The first-order valence-electron chi connectivity index (χ1n) is 8.67. The summed E-state index contributed by atoms with van der Waals surface area (Å²) in [6, 6.07) is 0.0149. The van der Waals surface area contributed by atoms with Crippen molar-refractivity contribution in [2.24, 2.45) is 5.41 Å². The minimum Gasteiger partial charge on any atom is -0.378 e. The molecule has 2 heterocycles. The number of urea groups is 1. The number of carbonyl (C=O) groups is 1. The van der Waals surface area contributed by atoms with Gasteiger partial charge in [0, 0.05) is 32.2 Å². The van der Waals surface area contributed by atoms with Crippen molar-refractivity contribution in [3.05, 3.63) is 16.1 Å². The van der Waals surface area contributed by atoms with Crippen molar-refractivity contribution in [2.45, 2.75) is 51.9 Å². The first-order chi connectivity index (χ1) is 11.5. The molecule has 1 atom stereocenters. The summed E-state index contributed by atoms with van der Waals surface area (Å²) in [5, 5.41) is 5.92. The van der Waals surface area contributed by atoms with Crippen LogP contribution in [0, 0.1) is 5.41 Å². The minimum absolute atomic E-state index is 0.00482. The van der Waals surface area contributed by atoms with E-state index < -0.39 is 0 Å². The van der Waals surface area contributed by atoms with E-state index in [0.717, 1.165) is 49.7 Å². The summed E-state index contributed by atoms with van der Waals surface area (Å²) in [7, 11) is 1.67. The summed E-state index contributed by atoms with van der Waals surface area (Å²) in [6.45, 7) is 6.95. The second kappa shape index (κ2) is 7.37. The van der Waals surface area contributed by atoms with Crippen LogP contribution in [-0.4, -0.2) is 48.8 Å². The van der Waals surface area contributed by atoms with Crippen molar-refractivity contribution < 1.29 is 14.3 Å². The Morgan fingerprint density at radius 1 is 1.58 bits per heavy atom. The summed E-state index contributed by atoms with van der Waals surface area (Å²) in [5.41, 5.74) is 1.19. The number of hydrogen-bond donors (Lipinski definition) is 1. The summed E-state index contributed by atoms with van der Waals surface area (Å²) in [5.74, 6) is 0. The van der Waals surface area contributed by atoms with Crippen LogP contribution in [0.3, 0.4) is 0 Å². The normalized spacial score (nSPS) is 27.3. The third-order valence-electron chi connectivity index (χ3n) is 5.14. The zero-order valence-electron chi connectivity index (χ0n) is 14.7. The smallest absolute Gasteiger partial charge is 0.317 e. The largest absolute Gasteiger partial charge is 0.378 e. The van der Waals surface area contributed by atoms with Crippen molar-refractivity contribution in [1.82, 2.24) is 15.2 Å². The zero-order valence-corrected chi connectivity index (χ0v) is 15.5. The van der Waals surface area contributed by atoms with Gasteiger partial charge in [-0.25, -0.2) is 9.78 Å². The van der Waals surface area contributed by atoms with Crippen molar-refractivity contribution in [3.8, 4) is 0 Å². The first kappa shape index (κ1) is 17.6. The average molecular weight is 353 g/mol. The Morgan fingerprint density at radius 3 is 3.08 bits per heavy atom. The Morgan fingerprint density at radius 2 is 2.38 bits per heavy atom. The van der Waals surface area contributed by atoms with E-state index in [2.05, 4.69) is 10.3 Å². The molecule has 1 aliphatic carbocycles. The molecule has 1 unspecified atom stereocenters. The molecule has 24 heavy (non-hydrogen) atoms. The second-order valence-electron chi connectivity index (χ2n) is 6.87. The molecule has 2 fully saturated rings. The van der Waals surface area contributed by atoms with Gasteiger partial charge >= 0.3 is 6.03 Å². The van der Waals surface area contributed by atoms with Crippen LogP contribution in [0.25, 0.3) is 0 Å². The van der Waals surface area contributed by atoms with Gasteiger partial charge in [0.2, 0.25) is 0 Å². The first-order valence-corrected chi connectivity index (χ1v) is 9.54. The molecular weight excluding hydrogens is 326 g/mol. The van der Waals surface area contributed by atoms with E-state index in [9.17, 15) is 4.79 Å². The number of aromatic nitrogens is 1. The fourth-order valence-electron chi connectivity index (χ4n) is 3.67. The highest BCUT2D eigenvalue weighted by molar-refractivity contribution is 7.09. The molecule has 0 radical (unpaired) electrons. The number of thiazole rings is 1. The van der Waals surface area contributed by atoms with Crippen molar-refractivity contribution in [1.29, 1.82) is 0 Å². The maximum Gasteiger partial charge on any atom is 0.317 e. The Kier molecular flexibility index (Phi) is 5.42. The summed E-state index contributed by atoms with van der Waals surface area (Å²) >= 11 is 1.57. The van der Waals surface area contributed by atoms with E-state index >= 15 is 0 Å². The van der Waals surface area contributed by atoms with Gasteiger partial charge in [0.15, 0.2) is 0 Å². The van der Waals surface area contributed by atoms with E-state index in [0.29, 0.717) is 18.1 Å². The zero-order chi connectivity index (χ0) is 17.2. The third kappa shape index (κ3) is 3.73. The molecule has 1 saturated carbocycles. The lowest BCUT2D eigenvalue weighted by Gasteiger charge is -2.44. The van der Waals surface area contributed by atoms with Gasteiger partial charge in [-0.3, -0.25) is 0 Å². The fraction of sp³-hybridized carbons (Fsp3) is 0.765. The molecule has 3 rings (SSSR count). The number of methoxy groups -OCH3 is 1. The summed E-state index contributed by atoms with van der Waals surface area (Å²) < 4.78 is 10.9. The van der Waals surface area contributed by atoms with Crippen LogP contribution in [0.2, 0.25) is 0 Å². The standard InChI is InChI=1S/C17H27N3O3S/c1-4-23-14-7-17(8-14)5-6-20(11-17)16(21)18-9-13-10-24-15(19-13)12(2)22-3/h10,12,14H,4-9,11H2,1-3H3,(H,18,21). The Labute approximate surface area is 147 Å². The van der Waals surface area contributed by atoms with Crippen LogP contribution in [0.15, 0.2) is 5.38 Å². The van der Waals surface area contributed by atoms with E-state index in [1.54, 1.807) is 18.4 Å². The lowest BCUT2D eigenvalue weighted by atomic mass is 9.66. The molecule has 1 aromatic rings. The fourth-order valence-corrected chi connectivity index (χ4v) is 4.52. The number of ether oxygens (including phenoxy) is 2. The van der Waals surface area contributed by atoms with Gasteiger partial charge in [0.1, 0.15) is 11.1 Å². The molecule has 2 aliphatic rings. The van der Waals surface area contributed by atoms with Crippen LogP contribution in [0.1, 0.15) is 49.9 Å². The van der Waals surface area contributed by atoms with E-state index in [1.807, 2.05) is 24.1 Å². The van der Waals surface area contributed by atoms with E-state index in [1.165, 1.54) is 0 Å². The van der Waals surface area contributed by atoms with Crippen molar-refractivity contribution >= 4 is 17.4 Å². The Balaban J connectivity index is 1.44. The number of amides is 2. The summed E-state index contributed by atoms with van der Waals surface area (Å²) in [6.07, 6.45) is 3.67. The van der Waals surface area contributed by atoms with Gasteiger partial charge in [-0.2, -0.15) is 0 Å². The lowest BCUT2D eigenvalue weighted by molar-refractivity contribution is -0.0704. The minimum atomic E-state index is -0.00482. The molecular formula is C17H27N3O3S. The van der Waals surface area contributed by atoms with Gasteiger partial charge in [-0.15, -0.1) is 11.3 Å². The van der Waals surface area contributed by atoms with Crippen LogP contribution in [0.4, 0.5) is 4.79 Å². The van der Waals surface area contributed by atoms with Crippen molar-refractivity contribution in [2.75, 3.05) is 26.8 Å². The number of hydrogen-bond acceptors (Lipinski definition) is 5. The number of rotatable bonds is 6. The molecule has 0 aromatic carbocycles. The maximum absolute atomic E-state index is 12.4. The molecule has 1 aliphatic heterocycles. The Hall–Kier alpha value is -1.18. The van der Waals surface area contributed by atoms with Crippen LogP contribution in [0.5, 0.6) is 0 Å². The van der Waals surface area contributed by atoms with Crippen molar-refractivity contribution in [3.63, 3.8) is 0 Å². The van der Waals surface area contributed by atoms with Crippen LogP contribution >= 0.6 is 11.3 Å². The highest BCUT2D eigenvalue weighted by Gasteiger charge is 2.49. The SMILES string of the molecule is CCOC1CC2(CCN(C(=O)NCc3csc(C(C)OC)n3)C2)C1. The molecule has 1 saturated heterocycles. The van der Waals surface area contributed by atoms with E-state index in [4.69, 9.17) is 9.47 Å². The molecule has 7 heteroatoms. The monoisotopic (exact) mass is 353 g/mol. The highest BCUT2D eigenvalue weighted by Crippen LogP contribution is 2.49. The van der Waals surface area contributed by atoms with Crippen LogP contribution in [-0.2, 0) is 16.0 Å². The van der Waals surface area contributed by atoms with E-state index in [-0.39, 0.29) is 12.1 Å². The molecule has 2 amide bonds. The Bertz CT molecular complexity index is 571. The van der Waals surface area contributed by atoms with Gasteiger partial charge in [-0.05, 0) is 38.5 Å². The van der Waals surface area contributed by atoms with Gasteiger partial charge in [0.25, 0.3) is 0 Å². The molecule has 6 nitrogen and oxygen atoms in total. The molecule has 134 valence electrons. The number of likely N-dealkylation sites (tertiary alicyclic amines) is 1. The average Bonchev–Trinajstić information content (AvgIpc) is 3.19. The molecule has 1 aromatic heterocycles. The summed E-state index contributed by atoms with van der Waals surface area (Å²) in [4.78, 5) is 18.8. The predicted octanol–water partition coefficient (Wildman–Crippen LogP) is 2.95. The molecule has 0 bridgehead atoms. The predicted molar refractivity (Wildman–Crippen MR) is 93.0 cm³/mol. The molecule has 1 spiro atoms. The van der Waals surface area contributed by atoms with Gasteiger partial charge < -0.3 is 19.7 Å². The number of nitrogens with zero attached hydrogens (tertiary/aromatic N) is 2. The molecule has 1 N–H and O–H groups in total. The second-order valence-corrected chi connectivity index (χ2v) is 7.76. The van der Waals surface area contributed by atoms with Gasteiger partial charge in [-0.1, -0.05) is 0 Å². The van der Waals surface area contributed by atoms with Crippen LogP contribution < -0.4 is 5.32 Å². The highest BCUT2D eigenvalue weighted by atomic mass is 32.1. The number of carbonyl (C=O) groups excluding carboxylic acids is 1. The quantitative estimate of drug-likeness (QED) is 0.854. The number of nitrogens with one attached hydrogen (secondary N) is 1. The lowest BCUT2D eigenvalue weighted by Crippen LogP contribution is -2.46. The van der Waals surface area contributed by atoms with Gasteiger partial charge in [0.05, 0.1) is 18.3 Å². The third-order valence-corrected chi connectivity index (χ3v) is 6.20.